The average molecular weight is 418 g/mol. The van der Waals surface area contributed by atoms with E-state index in [0.717, 1.165) is 18.4 Å². The summed E-state index contributed by atoms with van der Waals surface area (Å²) in [6.07, 6.45) is 1.49. The molecular weight excluding hydrogens is 390 g/mol. The van der Waals surface area contributed by atoms with E-state index in [9.17, 15) is 13.2 Å². The van der Waals surface area contributed by atoms with Gasteiger partial charge in [0.05, 0.1) is 17.7 Å². The Morgan fingerprint density at radius 1 is 1.10 bits per heavy atom. The first-order valence-electron chi connectivity index (χ1n) is 9.64. The standard InChI is InChI=1S/C21H27N3O4S/c1-16-7-9-18(10-8-16)29(26,27)22-15-17-11-13-24(14-12-17)21(25)23-19-5-3-4-6-20(19)28-2/h3-10,17,22H,11-15H2,1-2H3,(H,23,25). The smallest absolute Gasteiger partial charge is 0.321 e. The summed E-state index contributed by atoms with van der Waals surface area (Å²) in [5.74, 6) is 0.812. The minimum absolute atomic E-state index is 0.173. The average Bonchev–Trinajstić information content (AvgIpc) is 2.73. The van der Waals surface area contributed by atoms with Crippen LogP contribution >= 0.6 is 0 Å². The molecule has 2 aromatic carbocycles. The fraction of sp³-hybridized carbons (Fsp3) is 0.381. The minimum atomic E-state index is -3.51. The zero-order valence-electron chi connectivity index (χ0n) is 16.7. The van der Waals surface area contributed by atoms with Crippen molar-refractivity contribution in [1.82, 2.24) is 9.62 Å². The normalized spacial score (nSPS) is 15.2. The summed E-state index contributed by atoms with van der Waals surface area (Å²) in [6, 6.07) is 13.9. The van der Waals surface area contributed by atoms with Gasteiger partial charge in [-0.2, -0.15) is 0 Å². The number of sulfonamides is 1. The van der Waals surface area contributed by atoms with Crippen molar-refractivity contribution in [3.8, 4) is 5.75 Å². The highest BCUT2D eigenvalue weighted by molar-refractivity contribution is 7.89. The lowest BCUT2D eigenvalue weighted by atomic mass is 9.97. The van der Waals surface area contributed by atoms with Crippen molar-refractivity contribution in [3.05, 3.63) is 54.1 Å². The zero-order chi connectivity index (χ0) is 20.9. The monoisotopic (exact) mass is 417 g/mol. The molecule has 1 heterocycles. The molecule has 156 valence electrons. The number of piperidine rings is 1. The number of nitrogens with one attached hydrogen (secondary N) is 2. The van der Waals surface area contributed by atoms with E-state index in [1.807, 2.05) is 19.1 Å². The summed E-state index contributed by atoms with van der Waals surface area (Å²) in [5.41, 5.74) is 1.65. The second kappa shape index (κ2) is 9.28. The number of para-hydroxylation sites is 2. The molecule has 0 spiro atoms. The van der Waals surface area contributed by atoms with E-state index < -0.39 is 10.0 Å². The van der Waals surface area contributed by atoms with Gasteiger partial charge in [0.2, 0.25) is 10.0 Å². The van der Waals surface area contributed by atoms with Crippen molar-refractivity contribution < 1.29 is 17.9 Å². The molecule has 0 bridgehead atoms. The maximum absolute atomic E-state index is 12.5. The van der Waals surface area contributed by atoms with Gasteiger partial charge in [-0.05, 0) is 49.9 Å². The number of carbonyl (C=O) groups is 1. The Morgan fingerprint density at radius 2 is 1.76 bits per heavy atom. The van der Waals surface area contributed by atoms with Crippen LogP contribution in [0.25, 0.3) is 0 Å². The van der Waals surface area contributed by atoms with Gasteiger partial charge in [0.1, 0.15) is 5.75 Å². The van der Waals surface area contributed by atoms with Gasteiger partial charge < -0.3 is 15.0 Å². The Morgan fingerprint density at radius 3 is 2.41 bits per heavy atom. The van der Waals surface area contributed by atoms with Gasteiger partial charge in [0, 0.05) is 19.6 Å². The number of aryl methyl sites for hydroxylation is 1. The summed E-state index contributed by atoms with van der Waals surface area (Å²) >= 11 is 0. The molecule has 7 nitrogen and oxygen atoms in total. The maximum atomic E-state index is 12.5. The molecule has 1 saturated heterocycles. The predicted molar refractivity (Wildman–Crippen MR) is 113 cm³/mol. The van der Waals surface area contributed by atoms with Gasteiger partial charge in [0.25, 0.3) is 0 Å². The third-order valence-corrected chi connectivity index (χ3v) is 6.58. The molecule has 2 aromatic rings. The third kappa shape index (κ3) is 5.48. The lowest BCUT2D eigenvalue weighted by molar-refractivity contribution is 0.183. The molecule has 8 heteroatoms. The van der Waals surface area contributed by atoms with Gasteiger partial charge in [0.15, 0.2) is 0 Å². The third-order valence-electron chi connectivity index (χ3n) is 5.14. The van der Waals surface area contributed by atoms with Crippen LogP contribution in [0, 0.1) is 12.8 Å². The first-order valence-corrected chi connectivity index (χ1v) is 11.1. The highest BCUT2D eigenvalue weighted by Gasteiger charge is 2.25. The van der Waals surface area contributed by atoms with Crippen LogP contribution < -0.4 is 14.8 Å². The molecular formula is C21H27N3O4S. The summed E-state index contributed by atoms with van der Waals surface area (Å²) in [4.78, 5) is 14.5. The van der Waals surface area contributed by atoms with Gasteiger partial charge in [-0.25, -0.2) is 17.9 Å². The van der Waals surface area contributed by atoms with E-state index in [1.165, 1.54) is 0 Å². The summed E-state index contributed by atoms with van der Waals surface area (Å²) < 4.78 is 32.8. The molecule has 2 N–H and O–H groups in total. The second-order valence-corrected chi connectivity index (χ2v) is 8.99. The largest absolute Gasteiger partial charge is 0.495 e. The number of methoxy groups -OCH3 is 1. The number of rotatable bonds is 6. The zero-order valence-corrected chi connectivity index (χ0v) is 17.5. The van der Waals surface area contributed by atoms with Gasteiger partial charge in [-0.1, -0.05) is 29.8 Å². The number of urea groups is 1. The number of ether oxygens (including phenoxy) is 1. The van der Waals surface area contributed by atoms with Crippen molar-refractivity contribution in [2.75, 3.05) is 32.1 Å². The van der Waals surface area contributed by atoms with Crippen molar-refractivity contribution >= 4 is 21.7 Å². The van der Waals surface area contributed by atoms with E-state index >= 15 is 0 Å². The number of likely N-dealkylation sites (tertiary alicyclic amines) is 1. The van der Waals surface area contributed by atoms with Crippen LogP contribution in [0.3, 0.4) is 0 Å². The van der Waals surface area contributed by atoms with Gasteiger partial charge in [-0.15, -0.1) is 0 Å². The molecule has 0 saturated carbocycles. The molecule has 1 aliphatic heterocycles. The lowest BCUT2D eigenvalue weighted by Gasteiger charge is -2.32. The molecule has 0 unspecified atom stereocenters. The Balaban J connectivity index is 1.49. The molecule has 0 atom stereocenters. The predicted octanol–water partition coefficient (Wildman–Crippen LogP) is 3.23. The molecule has 1 fully saturated rings. The SMILES string of the molecule is COc1ccccc1NC(=O)N1CCC(CNS(=O)(=O)c2ccc(C)cc2)CC1. The Kier molecular flexibility index (Phi) is 6.76. The first-order chi connectivity index (χ1) is 13.9. The van der Waals surface area contributed by atoms with Crippen LogP contribution in [0.2, 0.25) is 0 Å². The first kappa shape index (κ1) is 21.1. The van der Waals surface area contributed by atoms with E-state index in [-0.39, 0.29) is 16.8 Å². The second-order valence-electron chi connectivity index (χ2n) is 7.23. The fourth-order valence-electron chi connectivity index (χ4n) is 3.31. The number of amides is 2. The van der Waals surface area contributed by atoms with E-state index in [0.29, 0.717) is 31.1 Å². The van der Waals surface area contributed by atoms with Crippen LogP contribution in [-0.4, -0.2) is 46.1 Å². The van der Waals surface area contributed by atoms with Crippen molar-refractivity contribution in [3.63, 3.8) is 0 Å². The number of benzene rings is 2. The van der Waals surface area contributed by atoms with Crippen molar-refractivity contribution in [1.29, 1.82) is 0 Å². The Labute approximate surface area is 172 Å². The maximum Gasteiger partial charge on any atom is 0.321 e. The number of hydrogen-bond acceptors (Lipinski definition) is 4. The van der Waals surface area contributed by atoms with Crippen LogP contribution in [0.1, 0.15) is 18.4 Å². The number of anilines is 1. The summed E-state index contributed by atoms with van der Waals surface area (Å²) in [7, 11) is -1.95. The molecule has 0 aromatic heterocycles. The molecule has 0 aliphatic carbocycles. The van der Waals surface area contributed by atoms with E-state index in [1.54, 1.807) is 48.4 Å². The fourth-order valence-corrected chi connectivity index (χ4v) is 4.43. The minimum Gasteiger partial charge on any atom is -0.495 e. The molecule has 0 radical (unpaired) electrons. The van der Waals surface area contributed by atoms with Gasteiger partial charge in [-0.3, -0.25) is 0 Å². The topological polar surface area (TPSA) is 87.7 Å². The van der Waals surface area contributed by atoms with Crippen molar-refractivity contribution in [2.24, 2.45) is 5.92 Å². The Hall–Kier alpha value is -2.58. The van der Waals surface area contributed by atoms with Gasteiger partial charge >= 0.3 is 6.03 Å². The molecule has 3 rings (SSSR count). The highest BCUT2D eigenvalue weighted by Crippen LogP contribution is 2.24. The Bertz CT molecular complexity index is 937. The number of nitrogens with zero attached hydrogens (tertiary/aromatic N) is 1. The lowest BCUT2D eigenvalue weighted by Crippen LogP contribution is -2.43. The quantitative estimate of drug-likeness (QED) is 0.755. The summed E-state index contributed by atoms with van der Waals surface area (Å²) in [5, 5.41) is 2.88. The highest BCUT2D eigenvalue weighted by atomic mass is 32.2. The van der Waals surface area contributed by atoms with Crippen LogP contribution in [0.15, 0.2) is 53.4 Å². The van der Waals surface area contributed by atoms with E-state index in [4.69, 9.17) is 4.74 Å². The van der Waals surface area contributed by atoms with E-state index in [2.05, 4.69) is 10.0 Å². The summed E-state index contributed by atoms with van der Waals surface area (Å²) in [6.45, 7) is 3.45. The van der Waals surface area contributed by atoms with Crippen LogP contribution in [-0.2, 0) is 10.0 Å². The van der Waals surface area contributed by atoms with Crippen molar-refractivity contribution in [2.45, 2.75) is 24.7 Å². The number of hydrogen-bond donors (Lipinski definition) is 2. The molecule has 29 heavy (non-hydrogen) atoms. The van der Waals surface area contributed by atoms with Crippen LogP contribution in [0.4, 0.5) is 10.5 Å². The van der Waals surface area contributed by atoms with Crippen LogP contribution in [0.5, 0.6) is 5.75 Å². The number of carbonyl (C=O) groups excluding carboxylic acids is 1. The molecule has 1 aliphatic rings. The molecule has 2 amide bonds.